The average molecular weight is 244 g/mol. The molecule has 0 aliphatic carbocycles. The van der Waals surface area contributed by atoms with Gasteiger partial charge < -0.3 is 5.11 Å². The minimum Gasteiger partial charge on any atom is -0.481 e. The Morgan fingerprint density at radius 3 is 2.67 bits per heavy atom. The maximum Gasteiger partial charge on any atom is 0.304 e. The molecule has 4 heteroatoms. The number of aryl methyl sites for hydroxylation is 1. The second-order valence-electron chi connectivity index (χ2n) is 4.44. The normalized spacial score (nSPS) is 12.3. The van der Waals surface area contributed by atoms with Crippen molar-refractivity contribution in [2.24, 2.45) is 7.05 Å². The molecule has 0 amide bonds. The molecule has 2 aromatic rings. The van der Waals surface area contributed by atoms with Gasteiger partial charge >= 0.3 is 5.97 Å². The van der Waals surface area contributed by atoms with E-state index < -0.39 is 5.97 Å². The first kappa shape index (κ1) is 12.4. The molecule has 1 heterocycles. The smallest absolute Gasteiger partial charge is 0.304 e. The molecular formula is C14H16N2O2. The van der Waals surface area contributed by atoms with Crippen LogP contribution in [0, 0.1) is 0 Å². The molecule has 1 N–H and O–H groups in total. The third-order valence-electron chi connectivity index (χ3n) is 2.97. The minimum absolute atomic E-state index is 0.0440. The van der Waals surface area contributed by atoms with Gasteiger partial charge in [-0.25, -0.2) is 0 Å². The molecule has 94 valence electrons. The van der Waals surface area contributed by atoms with Crippen LogP contribution in [0.4, 0.5) is 0 Å². The molecule has 1 unspecified atom stereocenters. The fraction of sp³-hybridized carbons (Fsp3) is 0.286. The zero-order chi connectivity index (χ0) is 13.1. The van der Waals surface area contributed by atoms with E-state index in [4.69, 9.17) is 5.11 Å². The third kappa shape index (κ3) is 2.59. The lowest BCUT2D eigenvalue weighted by molar-refractivity contribution is -0.137. The second kappa shape index (κ2) is 5.04. The number of carboxylic acids is 1. The zero-order valence-electron chi connectivity index (χ0n) is 10.5. The number of benzene rings is 1. The highest BCUT2D eigenvalue weighted by molar-refractivity contribution is 5.68. The van der Waals surface area contributed by atoms with Crippen molar-refractivity contribution >= 4 is 5.97 Å². The first-order chi connectivity index (χ1) is 8.58. The number of carbonyl (C=O) groups is 1. The maximum atomic E-state index is 10.7. The number of hydrogen-bond donors (Lipinski definition) is 1. The summed E-state index contributed by atoms with van der Waals surface area (Å²) in [5.74, 6) is -0.831. The number of carboxylic acid groups (broad SMARTS) is 1. The van der Waals surface area contributed by atoms with Crippen LogP contribution < -0.4 is 0 Å². The van der Waals surface area contributed by atoms with E-state index in [1.54, 1.807) is 4.68 Å². The van der Waals surface area contributed by atoms with Gasteiger partial charge in [0.25, 0.3) is 0 Å². The Morgan fingerprint density at radius 1 is 1.39 bits per heavy atom. The summed E-state index contributed by atoms with van der Waals surface area (Å²) in [4.78, 5) is 10.7. The average Bonchev–Trinajstić information content (AvgIpc) is 2.72. The highest BCUT2D eigenvalue weighted by atomic mass is 16.4. The molecule has 0 spiro atoms. The highest BCUT2D eigenvalue weighted by Gasteiger charge is 2.16. The monoisotopic (exact) mass is 244 g/mol. The lowest BCUT2D eigenvalue weighted by Crippen LogP contribution is -2.07. The summed E-state index contributed by atoms with van der Waals surface area (Å²) < 4.78 is 1.76. The molecule has 4 nitrogen and oxygen atoms in total. The lowest BCUT2D eigenvalue weighted by Gasteiger charge is -2.07. The van der Waals surface area contributed by atoms with E-state index in [-0.39, 0.29) is 12.3 Å². The Bertz CT molecular complexity index is 546. The first-order valence-corrected chi connectivity index (χ1v) is 5.89. The molecule has 0 radical (unpaired) electrons. The summed E-state index contributed by atoms with van der Waals surface area (Å²) in [5.41, 5.74) is 2.86. The molecule has 0 bridgehead atoms. The van der Waals surface area contributed by atoms with Crippen molar-refractivity contribution < 1.29 is 9.90 Å². The van der Waals surface area contributed by atoms with Crippen molar-refractivity contribution in [1.82, 2.24) is 9.78 Å². The van der Waals surface area contributed by atoms with Crippen LogP contribution in [0.2, 0.25) is 0 Å². The predicted molar refractivity (Wildman–Crippen MR) is 69.3 cm³/mol. The Labute approximate surface area is 106 Å². The van der Waals surface area contributed by atoms with Crippen molar-refractivity contribution in [3.05, 3.63) is 42.1 Å². The van der Waals surface area contributed by atoms with E-state index >= 15 is 0 Å². The van der Waals surface area contributed by atoms with E-state index in [0.717, 1.165) is 17.0 Å². The molecule has 1 atom stereocenters. The predicted octanol–water partition coefficient (Wildman–Crippen LogP) is 2.67. The van der Waals surface area contributed by atoms with Crippen LogP contribution in [0.15, 0.2) is 36.4 Å². The number of aromatic nitrogens is 2. The van der Waals surface area contributed by atoms with Gasteiger partial charge in [0, 0.05) is 24.2 Å². The summed E-state index contributed by atoms with van der Waals surface area (Å²) in [5, 5.41) is 13.3. The summed E-state index contributed by atoms with van der Waals surface area (Å²) in [6.07, 6.45) is 0.119. The van der Waals surface area contributed by atoms with E-state index in [9.17, 15) is 4.79 Å². The number of rotatable bonds is 4. The van der Waals surface area contributed by atoms with Gasteiger partial charge in [-0.15, -0.1) is 0 Å². The second-order valence-corrected chi connectivity index (χ2v) is 4.44. The highest BCUT2D eigenvalue weighted by Crippen LogP contribution is 2.24. The molecule has 0 aliphatic heterocycles. The molecule has 2 rings (SSSR count). The van der Waals surface area contributed by atoms with Crippen molar-refractivity contribution in [3.63, 3.8) is 0 Å². The van der Waals surface area contributed by atoms with Crippen LogP contribution in [0.1, 0.15) is 25.0 Å². The van der Waals surface area contributed by atoms with Gasteiger partial charge in [0.05, 0.1) is 12.1 Å². The Hall–Kier alpha value is -2.10. The largest absolute Gasteiger partial charge is 0.481 e. The van der Waals surface area contributed by atoms with E-state index in [2.05, 4.69) is 5.10 Å². The van der Waals surface area contributed by atoms with Crippen LogP contribution in [0.25, 0.3) is 11.3 Å². The third-order valence-corrected chi connectivity index (χ3v) is 2.97. The van der Waals surface area contributed by atoms with Crippen LogP contribution >= 0.6 is 0 Å². The lowest BCUT2D eigenvalue weighted by atomic mass is 10.0. The van der Waals surface area contributed by atoms with Crippen LogP contribution in [-0.2, 0) is 11.8 Å². The van der Waals surface area contributed by atoms with Crippen LogP contribution in [-0.4, -0.2) is 20.9 Å². The number of nitrogens with zero attached hydrogens (tertiary/aromatic N) is 2. The SMILES string of the molecule is CC(CC(=O)O)c1cc(-c2ccccc2)nn1C. The van der Waals surface area contributed by atoms with Crippen molar-refractivity contribution in [3.8, 4) is 11.3 Å². The summed E-state index contributed by atoms with van der Waals surface area (Å²) >= 11 is 0. The van der Waals surface area contributed by atoms with Crippen molar-refractivity contribution in [2.75, 3.05) is 0 Å². The van der Waals surface area contributed by atoms with E-state index in [1.165, 1.54) is 0 Å². The molecule has 1 aromatic heterocycles. The molecule has 1 aromatic carbocycles. The summed E-state index contributed by atoms with van der Waals surface area (Å²) in [6, 6.07) is 11.8. The Balaban J connectivity index is 2.30. The minimum atomic E-state index is -0.787. The fourth-order valence-corrected chi connectivity index (χ4v) is 2.06. The van der Waals surface area contributed by atoms with Crippen LogP contribution in [0.5, 0.6) is 0 Å². The molecule has 18 heavy (non-hydrogen) atoms. The Kier molecular flexibility index (Phi) is 3.46. The van der Waals surface area contributed by atoms with Crippen molar-refractivity contribution in [2.45, 2.75) is 19.3 Å². The van der Waals surface area contributed by atoms with Gasteiger partial charge in [0.15, 0.2) is 0 Å². The molecule has 0 saturated heterocycles. The maximum absolute atomic E-state index is 10.7. The summed E-state index contributed by atoms with van der Waals surface area (Å²) in [6.45, 7) is 1.90. The van der Waals surface area contributed by atoms with Gasteiger partial charge in [-0.1, -0.05) is 37.3 Å². The number of aliphatic carboxylic acids is 1. The van der Waals surface area contributed by atoms with Gasteiger partial charge in [0.1, 0.15) is 0 Å². The molecular weight excluding hydrogens is 228 g/mol. The topological polar surface area (TPSA) is 55.1 Å². The van der Waals surface area contributed by atoms with E-state index in [0.29, 0.717) is 0 Å². The first-order valence-electron chi connectivity index (χ1n) is 5.89. The van der Waals surface area contributed by atoms with Gasteiger partial charge in [-0.2, -0.15) is 5.10 Å². The quantitative estimate of drug-likeness (QED) is 0.899. The van der Waals surface area contributed by atoms with Crippen LogP contribution in [0.3, 0.4) is 0 Å². The summed E-state index contributed by atoms with van der Waals surface area (Å²) in [7, 11) is 1.85. The Morgan fingerprint density at radius 2 is 2.06 bits per heavy atom. The van der Waals surface area contributed by atoms with E-state index in [1.807, 2.05) is 50.4 Å². The van der Waals surface area contributed by atoms with Crippen molar-refractivity contribution in [1.29, 1.82) is 0 Å². The van der Waals surface area contributed by atoms with Gasteiger partial charge in [-0.3, -0.25) is 9.48 Å². The van der Waals surface area contributed by atoms with Gasteiger partial charge in [0.2, 0.25) is 0 Å². The molecule has 0 fully saturated rings. The zero-order valence-corrected chi connectivity index (χ0v) is 10.5. The number of hydrogen-bond acceptors (Lipinski definition) is 2. The molecule has 0 aliphatic rings. The fourth-order valence-electron chi connectivity index (χ4n) is 2.06. The van der Waals surface area contributed by atoms with Gasteiger partial charge in [-0.05, 0) is 6.07 Å². The molecule has 0 saturated carbocycles. The standard InChI is InChI=1S/C14H16N2O2/c1-10(8-14(17)18)13-9-12(15-16(13)2)11-6-4-3-5-7-11/h3-7,9-10H,8H2,1-2H3,(H,17,18).